The van der Waals surface area contributed by atoms with Crippen molar-refractivity contribution in [2.75, 3.05) is 26.2 Å². The maximum Gasteiger partial charge on any atom is 0.254 e. The summed E-state index contributed by atoms with van der Waals surface area (Å²) in [6, 6.07) is 4.30. The monoisotopic (exact) mass is 384 g/mol. The van der Waals surface area contributed by atoms with Crippen LogP contribution in [0.25, 0.3) is 0 Å². The van der Waals surface area contributed by atoms with E-state index >= 15 is 0 Å². The molecule has 1 fully saturated rings. The van der Waals surface area contributed by atoms with Crippen LogP contribution in [-0.2, 0) is 0 Å². The summed E-state index contributed by atoms with van der Waals surface area (Å²) in [6.07, 6.45) is 0.962. The second kappa shape index (κ2) is 7.25. The van der Waals surface area contributed by atoms with Gasteiger partial charge in [-0.05, 0) is 53.8 Å². The summed E-state index contributed by atoms with van der Waals surface area (Å²) < 4.78 is 13.6. The van der Waals surface area contributed by atoms with Gasteiger partial charge in [-0.2, -0.15) is 0 Å². The van der Waals surface area contributed by atoms with Crippen molar-refractivity contribution in [3.8, 4) is 0 Å². The standard InChI is InChI=1S/C12H14FIN2O.ClH/c13-9-2-3-10(11(14)8-9)12(17)16-6-1-4-15-5-7-16;/h2-3,8,15H,1,4-7H2;1H. The van der Waals surface area contributed by atoms with E-state index in [1.165, 1.54) is 12.1 Å². The van der Waals surface area contributed by atoms with Crippen molar-refractivity contribution in [2.45, 2.75) is 6.42 Å². The molecule has 1 aromatic rings. The Kier molecular flexibility index (Phi) is 6.31. The molecule has 0 spiro atoms. The summed E-state index contributed by atoms with van der Waals surface area (Å²) in [5.41, 5.74) is 0.592. The predicted molar refractivity (Wildman–Crippen MR) is 79.8 cm³/mol. The number of hydrogen-bond acceptors (Lipinski definition) is 2. The molecule has 1 aromatic carbocycles. The molecule has 0 radical (unpaired) electrons. The smallest absolute Gasteiger partial charge is 0.254 e. The lowest BCUT2D eigenvalue weighted by Gasteiger charge is -2.20. The molecule has 0 atom stereocenters. The highest BCUT2D eigenvalue weighted by Gasteiger charge is 2.19. The highest BCUT2D eigenvalue weighted by Crippen LogP contribution is 2.16. The third kappa shape index (κ3) is 3.80. The van der Waals surface area contributed by atoms with Crippen LogP contribution in [0.15, 0.2) is 18.2 Å². The molecule has 1 N–H and O–H groups in total. The molecule has 1 aliphatic heterocycles. The van der Waals surface area contributed by atoms with E-state index in [0.29, 0.717) is 15.7 Å². The van der Waals surface area contributed by atoms with Crippen LogP contribution in [0.2, 0.25) is 0 Å². The van der Waals surface area contributed by atoms with Crippen molar-refractivity contribution < 1.29 is 9.18 Å². The predicted octanol–water partition coefficient (Wildman–Crippen LogP) is 2.29. The van der Waals surface area contributed by atoms with Crippen LogP contribution >= 0.6 is 35.0 Å². The summed E-state index contributed by atoms with van der Waals surface area (Å²) in [5, 5.41) is 3.25. The van der Waals surface area contributed by atoms with Gasteiger partial charge in [-0.1, -0.05) is 0 Å². The zero-order valence-corrected chi connectivity index (χ0v) is 12.8. The van der Waals surface area contributed by atoms with Crippen molar-refractivity contribution in [1.29, 1.82) is 0 Å². The number of hydrogen-bond donors (Lipinski definition) is 1. The topological polar surface area (TPSA) is 32.3 Å². The van der Waals surface area contributed by atoms with Crippen LogP contribution in [0.3, 0.4) is 0 Å². The lowest BCUT2D eigenvalue weighted by Crippen LogP contribution is -2.34. The summed E-state index contributed by atoms with van der Waals surface area (Å²) in [6.45, 7) is 3.25. The second-order valence-electron chi connectivity index (χ2n) is 4.02. The molecule has 18 heavy (non-hydrogen) atoms. The van der Waals surface area contributed by atoms with Crippen molar-refractivity contribution in [3.63, 3.8) is 0 Å². The fourth-order valence-corrected chi connectivity index (χ4v) is 2.59. The number of nitrogens with zero attached hydrogens (tertiary/aromatic N) is 1. The molecular formula is C12H15ClFIN2O. The number of nitrogens with one attached hydrogen (secondary N) is 1. The Labute approximate surface area is 126 Å². The normalized spacial score (nSPS) is 15.8. The third-order valence-electron chi connectivity index (χ3n) is 2.79. The van der Waals surface area contributed by atoms with Gasteiger partial charge in [-0.15, -0.1) is 12.4 Å². The van der Waals surface area contributed by atoms with Crippen molar-refractivity contribution in [2.24, 2.45) is 0 Å². The highest BCUT2D eigenvalue weighted by molar-refractivity contribution is 14.1. The first kappa shape index (κ1) is 15.7. The second-order valence-corrected chi connectivity index (χ2v) is 5.18. The molecule has 1 saturated heterocycles. The molecule has 6 heteroatoms. The van der Waals surface area contributed by atoms with Gasteiger partial charge in [-0.3, -0.25) is 4.79 Å². The van der Waals surface area contributed by atoms with E-state index in [1.807, 2.05) is 27.5 Å². The van der Waals surface area contributed by atoms with Crippen LogP contribution in [0, 0.1) is 9.39 Å². The Hall–Kier alpha value is -0.400. The van der Waals surface area contributed by atoms with Gasteiger partial charge in [0.1, 0.15) is 5.82 Å². The third-order valence-corrected chi connectivity index (χ3v) is 3.68. The molecule has 2 rings (SSSR count). The molecule has 100 valence electrons. The minimum Gasteiger partial charge on any atom is -0.337 e. The van der Waals surface area contributed by atoms with E-state index in [4.69, 9.17) is 0 Å². The van der Waals surface area contributed by atoms with E-state index in [0.717, 1.165) is 26.1 Å². The molecule has 0 bridgehead atoms. The van der Waals surface area contributed by atoms with Crippen LogP contribution in [0.1, 0.15) is 16.8 Å². The lowest BCUT2D eigenvalue weighted by molar-refractivity contribution is 0.0765. The van der Waals surface area contributed by atoms with Gasteiger partial charge in [0, 0.05) is 23.2 Å². The first-order valence-electron chi connectivity index (χ1n) is 5.63. The van der Waals surface area contributed by atoms with E-state index in [9.17, 15) is 9.18 Å². The van der Waals surface area contributed by atoms with Gasteiger partial charge in [0.15, 0.2) is 0 Å². The van der Waals surface area contributed by atoms with Gasteiger partial charge in [0.25, 0.3) is 5.91 Å². The van der Waals surface area contributed by atoms with Crippen molar-refractivity contribution >= 4 is 40.9 Å². The molecule has 0 aliphatic carbocycles. The Bertz CT molecular complexity index is 423. The maximum absolute atomic E-state index is 13.0. The molecule has 3 nitrogen and oxygen atoms in total. The van der Waals surface area contributed by atoms with Crippen molar-refractivity contribution in [1.82, 2.24) is 10.2 Å². The minimum atomic E-state index is -0.302. The Morgan fingerprint density at radius 2 is 2.11 bits per heavy atom. The Morgan fingerprint density at radius 3 is 2.83 bits per heavy atom. The average Bonchev–Trinajstić information content (AvgIpc) is 2.56. The maximum atomic E-state index is 13.0. The van der Waals surface area contributed by atoms with E-state index < -0.39 is 0 Å². The van der Waals surface area contributed by atoms with E-state index in [2.05, 4.69) is 5.32 Å². The quantitative estimate of drug-likeness (QED) is 0.754. The summed E-state index contributed by atoms with van der Waals surface area (Å²) >= 11 is 2.00. The highest BCUT2D eigenvalue weighted by atomic mass is 127. The molecule has 1 amide bonds. The largest absolute Gasteiger partial charge is 0.337 e. The number of carbonyl (C=O) groups excluding carboxylic acids is 1. The molecule has 1 heterocycles. The van der Waals surface area contributed by atoms with Gasteiger partial charge in [0.2, 0.25) is 0 Å². The number of halogens is 3. The number of rotatable bonds is 1. The number of benzene rings is 1. The molecule has 0 unspecified atom stereocenters. The van der Waals surface area contributed by atoms with E-state index in [1.54, 1.807) is 6.07 Å². The minimum absolute atomic E-state index is 0. The zero-order chi connectivity index (χ0) is 12.3. The molecular weight excluding hydrogens is 370 g/mol. The van der Waals surface area contributed by atoms with Crippen LogP contribution in [-0.4, -0.2) is 37.0 Å². The molecule has 0 saturated carbocycles. The number of amides is 1. The summed E-state index contributed by atoms with van der Waals surface area (Å²) in [5.74, 6) is -0.304. The van der Waals surface area contributed by atoms with Crippen LogP contribution in [0.4, 0.5) is 4.39 Å². The lowest BCUT2D eigenvalue weighted by atomic mass is 10.2. The first-order chi connectivity index (χ1) is 8.18. The van der Waals surface area contributed by atoms with E-state index in [-0.39, 0.29) is 24.1 Å². The Balaban J connectivity index is 0.00000162. The summed E-state index contributed by atoms with van der Waals surface area (Å²) in [7, 11) is 0. The van der Waals surface area contributed by atoms with Crippen LogP contribution < -0.4 is 5.32 Å². The van der Waals surface area contributed by atoms with Crippen LogP contribution in [0.5, 0.6) is 0 Å². The summed E-state index contributed by atoms with van der Waals surface area (Å²) in [4.78, 5) is 14.1. The van der Waals surface area contributed by atoms with Crippen molar-refractivity contribution in [3.05, 3.63) is 33.1 Å². The zero-order valence-electron chi connectivity index (χ0n) is 9.79. The Morgan fingerprint density at radius 1 is 1.33 bits per heavy atom. The van der Waals surface area contributed by atoms with Gasteiger partial charge < -0.3 is 10.2 Å². The number of carbonyl (C=O) groups is 1. The van der Waals surface area contributed by atoms with Gasteiger partial charge in [-0.25, -0.2) is 4.39 Å². The van der Waals surface area contributed by atoms with Gasteiger partial charge >= 0.3 is 0 Å². The molecule has 0 aromatic heterocycles. The fraction of sp³-hybridized carbons (Fsp3) is 0.417. The fourth-order valence-electron chi connectivity index (χ4n) is 1.88. The SMILES string of the molecule is Cl.O=C(c1ccc(F)cc1I)N1CCCNCC1. The average molecular weight is 385 g/mol. The first-order valence-corrected chi connectivity index (χ1v) is 6.71. The van der Waals surface area contributed by atoms with Gasteiger partial charge in [0.05, 0.1) is 5.56 Å². The molecule has 1 aliphatic rings.